The Bertz CT molecular complexity index is 604. The number of alkyl halides is 2. The number of ketones is 1. The largest absolute Gasteiger partial charge is 0.330 e. The number of rotatable bonds is 7. The standard InChI is InChI=1S/C12H11F2N3OS3/c1-7(18)6-19-12-17-16-11(21-12)15-8-2-4-9(5-3-8)20-10(13)14/h2-5,10H,6H2,1H3,(H,15,16). The smallest absolute Gasteiger partial charge is 0.288 e. The van der Waals surface area contributed by atoms with E-state index >= 15 is 0 Å². The molecule has 0 aliphatic rings. The van der Waals surface area contributed by atoms with Crippen molar-refractivity contribution in [1.82, 2.24) is 10.2 Å². The van der Waals surface area contributed by atoms with Crippen molar-refractivity contribution < 1.29 is 13.6 Å². The molecule has 0 saturated heterocycles. The molecule has 112 valence electrons. The van der Waals surface area contributed by atoms with E-state index in [0.29, 0.717) is 31.9 Å². The fourth-order valence-corrected chi connectivity index (χ4v) is 3.40. The molecule has 0 amide bonds. The topological polar surface area (TPSA) is 54.9 Å². The van der Waals surface area contributed by atoms with Crippen molar-refractivity contribution in [1.29, 1.82) is 0 Å². The summed E-state index contributed by atoms with van der Waals surface area (Å²) in [5, 5.41) is 11.6. The van der Waals surface area contributed by atoms with E-state index in [1.165, 1.54) is 30.0 Å². The highest BCUT2D eigenvalue weighted by atomic mass is 32.2. The maximum Gasteiger partial charge on any atom is 0.288 e. The second-order valence-electron chi connectivity index (χ2n) is 3.89. The van der Waals surface area contributed by atoms with Crippen LogP contribution in [0.1, 0.15) is 6.92 Å². The zero-order valence-electron chi connectivity index (χ0n) is 10.9. The van der Waals surface area contributed by atoms with Crippen molar-refractivity contribution >= 4 is 51.5 Å². The quantitative estimate of drug-likeness (QED) is 0.755. The van der Waals surface area contributed by atoms with Crippen molar-refractivity contribution in [2.24, 2.45) is 0 Å². The number of thioether (sulfide) groups is 2. The van der Waals surface area contributed by atoms with E-state index in [9.17, 15) is 13.6 Å². The highest BCUT2D eigenvalue weighted by molar-refractivity contribution is 8.01. The number of aromatic nitrogens is 2. The monoisotopic (exact) mass is 347 g/mol. The molecule has 0 unspecified atom stereocenters. The van der Waals surface area contributed by atoms with Crippen LogP contribution in [0.3, 0.4) is 0 Å². The van der Waals surface area contributed by atoms with Gasteiger partial charge in [0.15, 0.2) is 4.34 Å². The first-order chi connectivity index (χ1) is 10.0. The van der Waals surface area contributed by atoms with Crippen LogP contribution in [0.25, 0.3) is 0 Å². The maximum absolute atomic E-state index is 12.2. The summed E-state index contributed by atoms with van der Waals surface area (Å²) >= 11 is 3.18. The van der Waals surface area contributed by atoms with Gasteiger partial charge in [-0.3, -0.25) is 4.79 Å². The first-order valence-corrected chi connectivity index (χ1v) is 8.49. The highest BCUT2D eigenvalue weighted by Crippen LogP contribution is 2.29. The average Bonchev–Trinajstić information content (AvgIpc) is 2.86. The van der Waals surface area contributed by atoms with Crippen molar-refractivity contribution in [3.05, 3.63) is 24.3 Å². The Kier molecular flexibility index (Phi) is 5.95. The molecule has 0 fully saturated rings. The van der Waals surface area contributed by atoms with E-state index in [2.05, 4.69) is 15.5 Å². The lowest BCUT2D eigenvalue weighted by Crippen LogP contribution is -1.92. The Balaban J connectivity index is 1.93. The third-order valence-electron chi connectivity index (χ3n) is 2.14. The summed E-state index contributed by atoms with van der Waals surface area (Å²) in [7, 11) is 0. The van der Waals surface area contributed by atoms with E-state index in [1.54, 1.807) is 24.3 Å². The molecule has 0 bridgehead atoms. The minimum atomic E-state index is -2.42. The molecule has 0 saturated carbocycles. The van der Waals surface area contributed by atoms with Gasteiger partial charge < -0.3 is 5.32 Å². The Morgan fingerprint density at radius 3 is 2.67 bits per heavy atom. The van der Waals surface area contributed by atoms with Crippen molar-refractivity contribution in [3.63, 3.8) is 0 Å². The number of Topliss-reactive ketones (excluding diaryl/α,β-unsaturated/α-hetero) is 1. The van der Waals surface area contributed by atoms with Crippen LogP contribution in [0.5, 0.6) is 0 Å². The normalized spacial score (nSPS) is 10.9. The third kappa shape index (κ3) is 5.60. The van der Waals surface area contributed by atoms with E-state index in [-0.39, 0.29) is 5.78 Å². The molecule has 1 N–H and O–H groups in total. The number of anilines is 2. The molecule has 2 aromatic rings. The molecule has 0 radical (unpaired) electrons. The van der Waals surface area contributed by atoms with E-state index < -0.39 is 5.76 Å². The van der Waals surface area contributed by atoms with Gasteiger partial charge in [-0.15, -0.1) is 10.2 Å². The predicted molar refractivity (Wildman–Crippen MR) is 82.9 cm³/mol. The van der Waals surface area contributed by atoms with Crippen LogP contribution < -0.4 is 5.32 Å². The van der Waals surface area contributed by atoms with E-state index in [4.69, 9.17) is 0 Å². The van der Waals surface area contributed by atoms with Gasteiger partial charge in [0.1, 0.15) is 5.78 Å². The van der Waals surface area contributed by atoms with Gasteiger partial charge in [-0.25, -0.2) is 0 Å². The molecular formula is C12H11F2N3OS3. The summed E-state index contributed by atoms with van der Waals surface area (Å²) in [6, 6.07) is 6.64. The lowest BCUT2D eigenvalue weighted by atomic mass is 10.3. The van der Waals surface area contributed by atoms with Gasteiger partial charge in [0.2, 0.25) is 5.13 Å². The molecule has 0 atom stereocenters. The zero-order chi connectivity index (χ0) is 15.2. The maximum atomic E-state index is 12.2. The minimum absolute atomic E-state index is 0.0804. The summed E-state index contributed by atoms with van der Waals surface area (Å²) in [5.74, 6) is -1.97. The molecule has 2 rings (SSSR count). The third-order valence-corrected chi connectivity index (χ3v) is 4.97. The van der Waals surface area contributed by atoms with Gasteiger partial charge in [0, 0.05) is 10.6 Å². The number of carbonyl (C=O) groups is 1. The fourth-order valence-electron chi connectivity index (χ4n) is 1.33. The van der Waals surface area contributed by atoms with Crippen LogP contribution in [-0.4, -0.2) is 27.5 Å². The summed E-state index contributed by atoms with van der Waals surface area (Å²) in [5.41, 5.74) is 0.743. The Morgan fingerprint density at radius 1 is 1.33 bits per heavy atom. The number of halogens is 2. The lowest BCUT2D eigenvalue weighted by molar-refractivity contribution is -0.114. The summed E-state index contributed by atoms with van der Waals surface area (Å²) in [6.45, 7) is 1.52. The Hall–Kier alpha value is -1.19. The summed E-state index contributed by atoms with van der Waals surface area (Å²) in [6.07, 6.45) is 0. The van der Waals surface area contributed by atoms with Gasteiger partial charge in [-0.2, -0.15) is 8.78 Å². The van der Waals surface area contributed by atoms with Crippen LogP contribution in [0.2, 0.25) is 0 Å². The molecular weight excluding hydrogens is 336 g/mol. The minimum Gasteiger partial charge on any atom is -0.330 e. The Morgan fingerprint density at radius 2 is 2.05 bits per heavy atom. The van der Waals surface area contributed by atoms with E-state index in [0.717, 1.165) is 5.69 Å². The van der Waals surface area contributed by atoms with Gasteiger partial charge >= 0.3 is 0 Å². The van der Waals surface area contributed by atoms with Crippen LogP contribution in [0.15, 0.2) is 33.5 Å². The van der Waals surface area contributed by atoms with Crippen molar-refractivity contribution in [3.8, 4) is 0 Å². The molecule has 0 aliphatic carbocycles. The molecule has 1 aromatic heterocycles. The van der Waals surface area contributed by atoms with Gasteiger partial charge in [0.05, 0.1) is 5.75 Å². The molecule has 4 nitrogen and oxygen atoms in total. The molecule has 1 aromatic carbocycles. The van der Waals surface area contributed by atoms with Crippen LogP contribution >= 0.6 is 34.9 Å². The van der Waals surface area contributed by atoms with Crippen molar-refractivity contribution in [2.45, 2.75) is 21.9 Å². The van der Waals surface area contributed by atoms with Gasteiger partial charge in [-0.05, 0) is 31.2 Å². The predicted octanol–water partition coefficient (Wildman–Crippen LogP) is 4.28. The molecule has 21 heavy (non-hydrogen) atoms. The lowest BCUT2D eigenvalue weighted by Gasteiger charge is -2.03. The second-order valence-corrected chi connectivity index (χ2v) is 7.16. The Labute approximate surface area is 132 Å². The molecule has 0 aliphatic heterocycles. The van der Waals surface area contributed by atoms with Crippen LogP contribution in [0.4, 0.5) is 19.6 Å². The van der Waals surface area contributed by atoms with Gasteiger partial charge in [0.25, 0.3) is 5.76 Å². The SMILES string of the molecule is CC(=O)CSc1nnc(Nc2ccc(SC(F)F)cc2)s1. The van der Waals surface area contributed by atoms with Crippen LogP contribution in [0, 0.1) is 0 Å². The zero-order valence-corrected chi connectivity index (χ0v) is 13.3. The molecule has 0 spiro atoms. The first kappa shape index (κ1) is 16.2. The van der Waals surface area contributed by atoms with E-state index in [1.807, 2.05) is 0 Å². The van der Waals surface area contributed by atoms with Crippen molar-refractivity contribution in [2.75, 3.05) is 11.1 Å². The first-order valence-electron chi connectivity index (χ1n) is 5.80. The second kappa shape index (κ2) is 7.71. The number of hydrogen-bond acceptors (Lipinski definition) is 7. The molecule has 1 heterocycles. The highest BCUT2D eigenvalue weighted by Gasteiger charge is 2.07. The molecule has 9 heteroatoms. The fraction of sp³-hybridized carbons (Fsp3) is 0.250. The average molecular weight is 347 g/mol. The summed E-state index contributed by atoms with van der Waals surface area (Å²) in [4.78, 5) is 11.4. The number of hydrogen-bond donors (Lipinski definition) is 1. The summed E-state index contributed by atoms with van der Waals surface area (Å²) < 4.78 is 25.1. The number of benzene rings is 1. The van der Waals surface area contributed by atoms with Crippen LogP contribution in [-0.2, 0) is 4.79 Å². The number of nitrogens with one attached hydrogen (secondary N) is 1. The van der Waals surface area contributed by atoms with Gasteiger partial charge in [-0.1, -0.05) is 34.9 Å². The number of carbonyl (C=O) groups excluding carboxylic acids is 1. The number of nitrogens with zero attached hydrogens (tertiary/aromatic N) is 2.